The smallest absolute Gasteiger partial charge is 0.131 e. The Hall–Kier alpha value is -1.40. The van der Waals surface area contributed by atoms with E-state index < -0.39 is 36.8 Å². The third-order valence-electron chi connectivity index (χ3n) is 4.08. The number of nitrogens with one attached hydrogen (secondary N) is 1. The van der Waals surface area contributed by atoms with Crippen molar-refractivity contribution in [3.05, 3.63) is 56.2 Å². The summed E-state index contributed by atoms with van der Waals surface area (Å²) in [5.41, 5.74) is 8.19. The van der Waals surface area contributed by atoms with E-state index in [0.29, 0.717) is 22.5 Å². The first-order valence-electron chi connectivity index (χ1n) is 10.8. The van der Waals surface area contributed by atoms with Crippen LogP contribution in [0.15, 0.2) is 35.7 Å². The second-order valence-electron chi connectivity index (χ2n) is 5.74. The molecule has 0 radical (unpaired) electrons. The Balaban J connectivity index is 1.85. The second kappa shape index (κ2) is 7.08. The molecule has 25 heavy (non-hydrogen) atoms. The number of fused-ring (bicyclic) bond motifs is 1. The molecule has 0 bridgehead atoms. The monoisotopic (exact) mass is 395 g/mol. The lowest BCUT2D eigenvalue weighted by atomic mass is 9.87. The van der Waals surface area contributed by atoms with E-state index in [2.05, 4.69) is 10.3 Å². The molecule has 4 rings (SSSR count). The van der Waals surface area contributed by atoms with Crippen LogP contribution in [-0.4, -0.2) is 11.0 Å². The second-order valence-corrected chi connectivity index (χ2v) is 8.21. The van der Waals surface area contributed by atoms with Crippen LogP contribution >= 0.6 is 34.3 Å². The fourth-order valence-electron chi connectivity index (χ4n) is 2.82. The number of nitrogens with two attached hydrogens (primary N) is 1. The van der Waals surface area contributed by atoms with Crippen LogP contribution in [0.4, 0.5) is 5.69 Å². The molecule has 6 heteroatoms. The zero-order valence-corrected chi connectivity index (χ0v) is 15.8. The van der Waals surface area contributed by atoms with Crippen LogP contribution < -0.4 is 11.1 Å². The summed E-state index contributed by atoms with van der Waals surface area (Å²) in [4.78, 5) is 6.08. The molecule has 3 aromatic heterocycles. The summed E-state index contributed by atoms with van der Waals surface area (Å²) in [6.45, 7) is 2.37. The van der Waals surface area contributed by atoms with Crippen LogP contribution in [0, 0.1) is 6.92 Å². The van der Waals surface area contributed by atoms with Crippen LogP contribution in [0.25, 0.3) is 10.2 Å². The minimum Gasteiger partial charge on any atom is -0.379 e. The van der Waals surface area contributed by atoms with Gasteiger partial charge in [0.25, 0.3) is 0 Å². The van der Waals surface area contributed by atoms with Crippen molar-refractivity contribution in [2.24, 2.45) is 5.73 Å². The molecule has 0 spiro atoms. The largest absolute Gasteiger partial charge is 0.379 e. The van der Waals surface area contributed by atoms with Crippen molar-refractivity contribution >= 4 is 50.2 Å². The Morgan fingerprint density at radius 1 is 1.48 bits per heavy atom. The predicted octanol–water partition coefficient (Wildman–Crippen LogP) is 5.69. The quantitative estimate of drug-likeness (QED) is 0.440. The predicted molar refractivity (Wildman–Crippen MR) is 110 cm³/mol. The first-order valence-corrected chi connectivity index (χ1v) is 9.83. The van der Waals surface area contributed by atoms with Crippen molar-refractivity contribution in [2.45, 2.75) is 38.2 Å². The van der Waals surface area contributed by atoms with E-state index in [4.69, 9.17) is 25.6 Å². The lowest BCUT2D eigenvalue weighted by Crippen LogP contribution is -2.29. The van der Waals surface area contributed by atoms with Crippen molar-refractivity contribution in [1.29, 1.82) is 0 Å². The number of thiophene rings is 2. The lowest BCUT2D eigenvalue weighted by molar-refractivity contribution is 0.526. The van der Waals surface area contributed by atoms with Crippen molar-refractivity contribution in [2.75, 3.05) is 5.32 Å². The Morgan fingerprint density at radius 2 is 2.32 bits per heavy atom. The Morgan fingerprint density at radius 3 is 3.12 bits per heavy atom. The van der Waals surface area contributed by atoms with Gasteiger partial charge in [-0.2, -0.15) is 0 Å². The number of pyridine rings is 1. The van der Waals surface area contributed by atoms with E-state index in [9.17, 15) is 0 Å². The lowest BCUT2D eigenvalue weighted by Gasteiger charge is -2.24. The average molecular weight is 396 g/mol. The average Bonchev–Trinajstić information content (AvgIpc) is 3.33. The van der Waals surface area contributed by atoms with Crippen LogP contribution in [-0.2, 0) is 6.54 Å². The summed E-state index contributed by atoms with van der Waals surface area (Å²) in [5.74, 6) is -1.13. The molecule has 0 amide bonds. The van der Waals surface area contributed by atoms with Gasteiger partial charge >= 0.3 is 0 Å². The molecule has 3 heterocycles. The van der Waals surface area contributed by atoms with Crippen molar-refractivity contribution < 1.29 is 8.22 Å². The molecule has 130 valence electrons. The molecule has 0 unspecified atom stereocenters. The zero-order valence-electron chi connectivity index (χ0n) is 19.4. The molecule has 3 aromatic rings. The molecule has 0 saturated carbocycles. The highest BCUT2D eigenvalue weighted by Crippen LogP contribution is 2.42. The van der Waals surface area contributed by atoms with Gasteiger partial charge in [-0.05, 0) is 36.7 Å². The molecular formula is C19H20ClN3S2. The van der Waals surface area contributed by atoms with Crippen LogP contribution in [0.3, 0.4) is 0 Å². The van der Waals surface area contributed by atoms with Gasteiger partial charge in [0.05, 0.1) is 18.6 Å². The van der Waals surface area contributed by atoms with E-state index >= 15 is 0 Å². The van der Waals surface area contributed by atoms with Crippen molar-refractivity contribution in [3.8, 4) is 0 Å². The number of hydrogen-bond donors (Lipinski definition) is 2. The molecule has 0 fully saturated rings. The fourth-order valence-corrected chi connectivity index (χ4v) is 5.00. The van der Waals surface area contributed by atoms with Crippen molar-refractivity contribution in [1.82, 2.24) is 4.98 Å². The molecular weight excluding hydrogens is 370 g/mol. The van der Waals surface area contributed by atoms with Crippen LogP contribution in [0.1, 0.15) is 42.2 Å². The maximum absolute atomic E-state index is 8.51. The van der Waals surface area contributed by atoms with Crippen LogP contribution in [0.2, 0.25) is 5.15 Å². The highest BCUT2D eigenvalue weighted by Gasteiger charge is 2.26. The maximum atomic E-state index is 8.51. The third-order valence-corrected chi connectivity index (χ3v) is 6.55. The molecule has 1 aliphatic carbocycles. The van der Waals surface area contributed by atoms with Crippen LogP contribution in [0.5, 0.6) is 0 Å². The SMILES string of the molecule is [2H]C1=C([2H])C([2H])([2H])[C@H](c2sc3c(NCc4cccs4)cc(Cl)nc3c2C)[C@@H](N)C1([2H])[2H]. The summed E-state index contributed by atoms with van der Waals surface area (Å²) in [5, 5.41) is 5.64. The van der Waals surface area contributed by atoms with E-state index in [1.807, 2.05) is 17.5 Å². The minimum absolute atomic E-state index is 0.287. The molecule has 0 aromatic carbocycles. The van der Waals surface area contributed by atoms with Gasteiger partial charge < -0.3 is 11.1 Å². The molecule has 3 N–H and O–H groups in total. The zero-order chi connectivity index (χ0) is 22.7. The molecule has 1 aliphatic rings. The Labute approximate surface area is 169 Å². The standard InChI is InChI=1S/C19H20ClN3S2/c1-11-17-19(25-18(11)13-6-2-3-7-14(13)21)15(9-16(20)23-17)22-10-12-5-4-8-24-12/h2-5,8-9,13-14H,6-7,10,21H2,1H3,(H,22,23)/t13-,14-/m0/s1/i2D,3D,6D2,7D2. The highest BCUT2D eigenvalue weighted by atomic mass is 35.5. The molecule has 2 atom stereocenters. The first-order chi connectivity index (χ1) is 14.5. The topological polar surface area (TPSA) is 50.9 Å². The van der Waals surface area contributed by atoms with E-state index in [0.717, 1.165) is 15.3 Å². The first kappa shape index (κ1) is 11.3. The van der Waals surface area contributed by atoms with Gasteiger partial charge in [-0.25, -0.2) is 4.98 Å². The maximum Gasteiger partial charge on any atom is 0.131 e. The van der Waals surface area contributed by atoms with Gasteiger partial charge in [0.2, 0.25) is 0 Å². The summed E-state index contributed by atoms with van der Waals surface area (Å²) < 4.78 is 50.3. The molecule has 0 saturated heterocycles. The number of allylic oxidation sites excluding steroid dienone is 1. The highest BCUT2D eigenvalue weighted by molar-refractivity contribution is 7.20. The summed E-state index contributed by atoms with van der Waals surface area (Å²) in [6.07, 6.45) is -4.61. The molecule has 0 aliphatic heterocycles. The number of aromatic nitrogens is 1. The minimum atomic E-state index is -2.32. The fraction of sp³-hybridized carbons (Fsp3) is 0.316. The van der Waals surface area contributed by atoms with Gasteiger partial charge in [0, 0.05) is 39.8 Å². The number of halogens is 1. The number of aryl methyl sites for hydroxylation is 1. The number of hydrogen-bond acceptors (Lipinski definition) is 5. The van der Waals surface area contributed by atoms with Gasteiger partial charge in [-0.3, -0.25) is 0 Å². The summed E-state index contributed by atoms with van der Waals surface area (Å²) >= 11 is 9.16. The van der Waals surface area contributed by atoms with Gasteiger partial charge in [0.1, 0.15) is 5.15 Å². The molecule has 3 nitrogen and oxygen atoms in total. The van der Waals surface area contributed by atoms with E-state index in [1.54, 1.807) is 24.3 Å². The number of rotatable bonds is 4. The van der Waals surface area contributed by atoms with Gasteiger partial charge in [0.15, 0.2) is 0 Å². The Kier molecular flexibility index (Phi) is 3.21. The summed E-state index contributed by atoms with van der Waals surface area (Å²) in [6, 6.07) is 2.98. The number of nitrogens with zero attached hydrogens (tertiary/aromatic N) is 1. The van der Waals surface area contributed by atoms with E-state index in [-0.39, 0.29) is 5.15 Å². The third kappa shape index (κ3) is 3.34. The van der Waals surface area contributed by atoms with E-state index in [1.165, 1.54) is 11.3 Å². The Bertz CT molecular complexity index is 1180. The van der Waals surface area contributed by atoms with Gasteiger partial charge in [-0.1, -0.05) is 29.8 Å². The number of anilines is 1. The normalized spacial score (nSPS) is 28.6. The summed E-state index contributed by atoms with van der Waals surface area (Å²) in [7, 11) is 0. The van der Waals surface area contributed by atoms with Crippen molar-refractivity contribution in [3.63, 3.8) is 0 Å². The van der Waals surface area contributed by atoms with Gasteiger partial charge in [-0.15, -0.1) is 22.7 Å².